The molecule has 1 aromatic carbocycles. The van der Waals surface area contributed by atoms with Gasteiger partial charge in [-0.1, -0.05) is 13.8 Å². The lowest BCUT2D eigenvalue weighted by atomic mass is 10.1. The first-order valence-corrected chi connectivity index (χ1v) is 9.69. The van der Waals surface area contributed by atoms with Crippen molar-refractivity contribution in [3.05, 3.63) is 47.3 Å². The summed E-state index contributed by atoms with van der Waals surface area (Å²) in [6.07, 6.45) is 1.78. The summed E-state index contributed by atoms with van der Waals surface area (Å²) in [5, 5.41) is 26.8. The van der Waals surface area contributed by atoms with Gasteiger partial charge in [0.15, 0.2) is 0 Å². The van der Waals surface area contributed by atoms with Gasteiger partial charge in [0.25, 0.3) is 0 Å². The number of rotatable bonds is 8. The largest absolute Gasteiger partial charge is 0.490 e. The first-order chi connectivity index (χ1) is 13.9. The Morgan fingerprint density at radius 1 is 1.03 bits per heavy atom. The molecule has 0 saturated heterocycles. The summed E-state index contributed by atoms with van der Waals surface area (Å²) >= 11 is 0. The van der Waals surface area contributed by atoms with Crippen molar-refractivity contribution in [3.8, 4) is 28.7 Å². The van der Waals surface area contributed by atoms with Crippen LogP contribution in [0, 0.1) is 19.8 Å². The van der Waals surface area contributed by atoms with Crippen molar-refractivity contribution in [2.75, 3.05) is 13.2 Å². The molecule has 0 fully saturated rings. The third kappa shape index (κ3) is 5.19. The number of hydrogen-bond acceptors (Lipinski definition) is 7. The molecule has 0 radical (unpaired) electrons. The molecule has 154 valence electrons. The van der Waals surface area contributed by atoms with Crippen LogP contribution in [-0.2, 0) is 6.42 Å². The van der Waals surface area contributed by atoms with E-state index in [0.717, 1.165) is 34.4 Å². The monoisotopic (exact) mass is 397 g/mol. The Labute approximate surface area is 170 Å². The van der Waals surface area contributed by atoms with Crippen LogP contribution in [0.1, 0.15) is 30.7 Å². The number of hydrogen-bond donors (Lipinski definition) is 2. The van der Waals surface area contributed by atoms with Crippen LogP contribution in [0.15, 0.2) is 34.9 Å². The highest BCUT2D eigenvalue weighted by Gasteiger charge is 2.15. The third-order valence-corrected chi connectivity index (χ3v) is 4.45. The highest BCUT2D eigenvalue weighted by Crippen LogP contribution is 2.31. The summed E-state index contributed by atoms with van der Waals surface area (Å²) in [5.41, 5.74) is 4.37. The van der Waals surface area contributed by atoms with E-state index >= 15 is 0 Å². The topological polar surface area (TPSA) is 102 Å². The molecule has 29 heavy (non-hydrogen) atoms. The molecular weight excluding hydrogens is 370 g/mol. The fourth-order valence-corrected chi connectivity index (χ4v) is 3.08. The Hall–Kier alpha value is -2.77. The maximum Gasteiger partial charge on any atom is 0.249 e. The number of aromatic nitrogens is 3. The van der Waals surface area contributed by atoms with Gasteiger partial charge in [0.1, 0.15) is 18.5 Å². The number of pyridine rings is 1. The molecule has 7 heteroatoms. The normalized spacial score (nSPS) is 12.4. The van der Waals surface area contributed by atoms with Gasteiger partial charge in [-0.2, -0.15) is 0 Å². The van der Waals surface area contributed by atoms with E-state index < -0.39 is 6.10 Å². The van der Waals surface area contributed by atoms with Crippen LogP contribution < -0.4 is 4.74 Å². The number of nitrogens with zero attached hydrogens (tertiary/aromatic N) is 3. The molecule has 3 aromatic rings. The highest BCUT2D eigenvalue weighted by atomic mass is 16.5. The summed E-state index contributed by atoms with van der Waals surface area (Å²) < 4.78 is 11.5. The van der Waals surface area contributed by atoms with E-state index in [2.05, 4.69) is 29.0 Å². The van der Waals surface area contributed by atoms with Gasteiger partial charge in [-0.05, 0) is 61.6 Å². The van der Waals surface area contributed by atoms with E-state index in [0.29, 0.717) is 23.4 Å². The highest BCUT2D eigenvalue weighted by molar-refractivity contribution is 5.61. The summed E-state index contributed by atoms with van der Waals surface area (Å²) in [4.78, 5) is 4.48. The zero-order valence-electron chi connectivity index (χ0n) is 17.2. The molecule has 1 atom stereocenters. The van der Waals surface area contributed by atoms with Gasteiger partial charge >= 0.3 is 0 Å². The first kappa shape index (κ1) is 21.0. The van der Waals surface area contributed by atoms with Crippen LogP contribution in [-0.4, -0.2) is 44.7 Å². The van der Waals surface area contributed by atoms with Crippen LogP contribution in [0.4, 0.5) is 0 Å². The maximum absolute atomic E-state index is 9.49. The van der Waals surface area contributed by atoms with Crippen molar-refractivity contribution in [1.29, 1.82) is 0 Å². The van der Waals surface area contributed by atoms with E-state index in [4.69, 9.17) is 14.3 Å². The summed E-state index contributed by atoms with van der Waals surface area (Å²) in [6.45, 7) is 7.83. The zero-order chi connectivity index (χ0) is 21.0. The molecule has 3 rings (SSSR count). The van der Waals surface area contributed by atoms with Crippen LogP contribution in [0.2, 0.25) is 0 Å². The fraction of sp³-hybridized carbons (Fsp3) is 0.409. The molecule has 2 aromatic heterocycles. The number of ether oxygens (including phenoxy) is 1. The van der Waals surface area contributed by atoms with Gasteiger partial charge in [0.2, 0.25) is 11.8 Å². The quantitative estimate of drug-likeness (QED) is 0.601. The van der Waals surface area contributed by atoms with E-state index in [-0.39, 0.29) is 13.2 Å². The van der Waals surface area contributed by atoms with Gasteiger partial charge < -0.3 is 19.4 Å². The molecule has 2 heterocycles. The molecule has 0 saturated carbocycles. The molecular formula is C22H27N3O4. The average molecular weight is 397 g/mol. The smallest absolute Gasteiger partial charge is 0.249 e. The van der Waals surface area contributed by atoms with E-state index in [1.807, 2.05) is 38.1 Å². The first-order valence-electron chi connectivity index (χ1n) is 9.69. The van der Waals surface area contributed by atoms with Crippen molar-refractivity contribution in [1.82, 2.24) is 15.2 Å². The van der Waals surface area contributed by atoms with Gasteiger partial charge in [0, 0.05) is 17.5 Å². The van der Waals surface area contributed by atoms with Gasteiger partial charge in [-0.25, -0.2) is 0 Å². The molecule has 0 aliphatic rings. The van der Waals surface area contributed by atoms with Crippen LogP contribution in [0.25, 0.3) is 22.9 Å². The molecule has 0 amide bonds. The number of aliphatic hydroxyl groups excluding tert-OH is 2. The Balaban J connectivity index is 1.79. The Morgan fingerprint density at radius 3 is 2.24 bits per heavy atom. The van der Waals surface area contributed by atoms with Gasteiger partial charge in [-0.15, -0.1) is 10.2 Å². The summed E-state index contributed by atoms with van der Waals surface area (Å²) in [7, 11) is 0. The van der Waals surface area contributed by atoms with Crippen molar-refractivity contribution < 1.29 is 19.4 Å². The van der Waals surface area contributed by atoms with Crippen LogP contribution in [0.5, 0.6) is 5.75 Å². The zero-order valence-corrected chi connectivity index (χ0v) is 17.2. The molecule has 0 spiro atoms. The number of aliphatic hydroxyl groups is 2. The lowest BCUT2D eigenvalue weighted by molar-refractivity contribution is 0.0532. The minimum Gasteiger partial charge on any atom is -0.490 e. The Morgan fingerprint density at radius 2 is 1.69 bits per heavy atom. The number of aryl methyl sites for hydroxylation is 2. The second-order valence-corrected chi connectivity index (χ2v) is 7.64. The van der Waals surface area contributed by atoms with Crippen molar-refractivity contribution in [3.63, 3.8) is 0 Å². The lowest BCUT2D eigenvalue weighted by Gasteiger charge is -2.15. The predicted octanol–water partition coefficient (Wildman–Crippen LogP) is 3.35. The van der Waals surface area contributed by atoms with Crippen molar-refractivity contribution >= 4 is 0 Å². The van der Waals surface area contributed by atoms with E-state index in [1.54, 1.807) is 6.20 Å². The van der Waals surface area contributed by atoms with E-state index in [9.17, 15) is 5.11 Å². The molecule has 0 unspecified atom stereocenters. The second-order valence-electron chi connectivity index (χ2n) is 7.64. The molecule has 0 bridgehead atoms. The fourth-order valence-electron chi connectivity index (χ4n) is 3.08. The van der Waals surface area contributed by atoms with Crippen LogP contribution >= 0.6 is 0 Å². The van der Waals surface area contributed by atoms with E-state index in [1.165, 1.54) is 0 Å². The SMILES string of the molecule is Cc1cc(-c2nnc(-c3ccc(CC(C)C)nc3)o2)cc(C)c1OC[C@@H](O)CO. The Kier molecular flexibility index (Phi) is 6.61. The number of benzene rings is 1. The molecule has 7 nitrogen and oxygen atoms in total. The van der Waals surface area contributed by atoms with Crippen LogP contribution in [0.3, 0.4) is 0 Å². The van der Waals surface area contributed by atoms with Crippen molar-refractivity contribution in [2.24, 2.45) is 5.92 Å². The lowest BCUT2D eigenvalue weighted by Crippen LogP contribution is -2.21. The Bertz CT molecular complexity index is 928. The minimum atomic E-state index is -0.910. The molecule has 0 aliphatic heterocycles. The summed E-state index contributed by atoms with van der Waals surface area (Å²) in [5.74, 6) is 2.06. The predicted molar refractivity (Wildman–Crippen MR) is 110 cm³/mol. The minimum absolute atomic E-state index is 0.0298. The van der Waals surface area contributed by atoms with Crippen molar-refractivity contribution in [2.45, 2.75) is 40.2 Å². The van der Waals surface area contributed by atoms with Gasteiger partial charge in [0.05, 0.1) is 12.2 Å². The third-order valence-electron chi connectivity index (χ3n) is 4.45. The summed E-state index contributed by atoms with van der Waals surface area (Å²) in [6, 6.07) is 7.73. The van der Waals surface area contributed by atoms with Gasteiger partial charge in [-0.3, -0.25) is 4.98 Å². The molecule has 2 N–H and O–H groups in total. The standard InChI is InChI=1S/C22H27N3O4/c1-13(2)7-18-6-5-16(10-23-18)21-24-25-22(29-21)17-8-14(3)20(15(4)9-17)28-12-19(27)11-26/h5-6,8-10,13,19,26-27H,7,11-12H2,1-4H3/t19-/m0/s1. The second kappa shape index (κ2) is 9.15. The average Bonchev–Trinajstić information content (AvgIpc) is 3.17. The molecule has 0 aliphatic carbocycles. The maximum atomic E-state index is 9.49.